The van der Waals surface area contributed by atoms with Crippen LogP contribution >= 0.6 is 0 Å². The Hall–Kier alpha value is -0.176. The van der Waals surface area contributed by atoms with Crippen LogP contribution in [0.3, 0.4) is 0 Å². The zero-order chi connectivity index (χ0) is 13.1. The maximum absolute atomic E-state index is 11.7. The summed E-state index contributed by atoms with van der Waals surface area (Å²) in [7, 11) is -3.53. The Bertz CT molecular complexity index is 245. The van der Waals surface area contributed by atoms with Crippen molar-refractivity contribution in [3.63, 3.8) is 0 Å². The molecule has 96 valence electrons. The number of hydrogen-bond donors (Lipinski definition) is 1. The van der Waals surface area contributed by atoms with Crippen LogP contribution in [0, 0.1) is 0 Å². The van der Waals surface area contributed by atoms with Gasteiger partial charge in [0.2, 0.25) is 8.32 Å². The van der Waals surface area contributed by atoms with Crippen LogP contribution in [0.25, 0.3) is 0 Å². The molecule has 0 unspecified atom stereocenters. The van der Waals surface area contributed by atoms with Gasteiger partial charge < -0.3 is 14.6 Å². The molecule has 0 amide bonds. The Balaban J connectivity index is 4.34. The van der Waals surface area contributed by atoms with E-state index in [4.69, 9.17) is 14.6 Å². The predicted molar refractivity (Wildman–Crippen MR) is 71.3 cm³/mol. The van der Waals surface area contributed by atoms with Gasteiger partial charge in [-0.1, -0.05) is 0 Å². The first-order valence-electron chi connectivity index (χ1n) is 5.58. The van der Waals surface area contributed by atoms with Gasteiger partial charge in [-0.05, 0) is 46.2 Å². The van der Waals surface area contributed by atoms with Gasteiger partial charge in [0.15, 0.2) is 8.32 Å². The van der Waals surface area contributed by atoms with Crippen LogP contribution in [-0.2, 0) is 13.6 Å². The number of rotatable bonds is 5. The molecule has 0 heterocycles. The van der Waals surface area contributed by atoms with Crippen LogP contribution in [0.5, 0.6) is 0 Å². The van der Waals surface area contributed by atoms with Crippen molar-refractivity contribution in [2.75, 3.05) is 0 Å². The van der Waals surface area contributed by atoms with Gasteiger partial charge >= 0.3 is 5.97 Å². The third-order valence-electron chi connectivity index (χ3n) is 1.72. The van der Waals surface area contributed by atoms with E-state index in [9.17, 15) is 4.79 Å². The fourth-order valence-corrected chi connectivity index (χ4v) is 3.19. The second-order valence-corrected chi connectivity index (χ2v) is 14.9. The molecule has 0 saturated heterocycles. The lowest BCUT2D eigenvalue weighted by molar-refractivity contribution is -0.138. The molecule has 0 radical (unpaired) electrons. The van der Waals surface area contributed by atoms with E-state index in [1.54, 1.807) is 0 Å². The van der Waals surface area contributed by atoms with Crippen molar-refractivity contribution < 1.29 is 13.6 Å². The number of carbonyl (C=O) groups excluding carboxylic acids is 1. The third kappa shape index (κ3) is 7.16. The summed E-state index contributed by atoms with van der Waals surface area (Å²) in [5.41, 5.74) is 5.82. The summed E-state index contributed by atoms with van der Waals surface area (Å²) in [6, 6.07) is -0.682. The molecule has 0 spiro atoms. The van der Waals surface area contributed by atoms with E-state index in [0.717, 1.165) is 0 Å². The monoisotopic (exact) mass is 263 g/mol. The van der Waals surface area contributed by atoms with E-state index in [-0.39, 0.29) is 12.1 Å². The standard InChI is InChI=1S/C10H25NO3Si2/c1-8(13-15(2,3)4)9(11)10(12)14-16(5,6)7/h8-9H,11H2,1-7H3/t8-,9+/m1/s1. The van der Waals surface area contributed by atoms with Crippen LogP contribution < -0.4 is 5.73 Å². The molecule has 0 rings (SSSR count). The second kappa shape index (κ2) is 5.44. The van der Waals surface area contributed by atoms with Crippen LogP contribution in [0.4, 0.5) is 0 Å². The fraction of sp³-hybridized carbons (Fsp3) is 0.900. The van der Waals surface area contributed by atoms with Crippen molar-refractivity contribution in [3.8, 4) is 0 Å². The van der Waals surface area contributed by atoms with Crippen molar-refractivity contribution in [1.82, 2.24) is 0 Å². The molecule has 0 fully saturated rings. The minimum atomic E-state index is -1.86. The van der Waals surface area contributed by atoms with Crippen molar-refractivity contribution in [2.45, 2.75) is 58.4 Å². The van der Waals surface area contributed by atoms with Gasteiger partial charge in [0.05, 0.1) is 6.10 Å². The molecule has 6 heteroatoms. The average Bonchev–Trinajstić information content (AvgIpc) is 1.96. The summed E-state index contributed by atoms with van der Waals surface area (Å²) < 4.78 is 11.1. The Morgan fingerprint density at radius 2 is 1.50 bits per heavy atom. The molecule has 16 heavy (non-hydrogen) atoms. The van der Waals surface area contributed by atoms with E-state index in [1.165, 1.54) is 0 Å². The third-order valence-corrected chi connectivity index (χ3v) is 3.62. The SMILES string of the molecule is C[C@@H](O[Si](C)(C)C)[C@H](N)C(=O)O[Si](C)(C)C. The first-order valence-corrected chi connectivity index (χ1v) is 12.4. The van der Waals surface area contributed by atoms with Gasteiger partial charge in [-0.2, -0.15) is 0 Å². The summed E-state index contributed by atoms with van der Waals surface area (Å²) >= 11 is 0. The van der Waals surface area contributed by atoms with Crippen molar-refractivity contribution in [3.05, 3.63) is 0 Å². The summed E-state index contributed by atoms with van der Waals surface area (Å²) in [4.78, 5) is 11.7. The predicted octanol–water partition coefficient (Wildman–Crippen LogP) is 1.93. The molecule has 0 aromatic carbocycles. The largest absolute Gasteiger partial charge is 0.519 e. The van der Waals surface area contributed by atoms with Crippen molar-refractivity contribution in [1.29, 1.82) is 0 Å². The molecule has 0 aliphatic rings. The molecule has 2 N–H and O–H groups in total. The number of nitrogens with two attached hydrogens (primary N) is 1. The Morgan fingerprint density at radius 1 is 1.06 bits per heavy atom. The van der Waals surface area contributed by atoms with E-state index in [1.807, 2.05) is 26.6 Å². The molecule has 4 nitrogen and oxygen atoms in total. The number of hydrogen-bond acceptors (Lipinski definition) is 4. The van der Waals surface area contributed by atoms with Crippen LogP contribution in [0.15, 0.2) is 0 Å². The molecule has 2 atom stereocenters. The molecule has 0 bridgehead atoms. The van der Waals surface area contributed by atoms with E-state index >= 15 is 0 Å². The molecular formula is C10H25NO3Si2. The highest BCUT2D eigenvalue weighted by Crippen LogP contribution is 2.12. The summed E-state index contributed by atoms with van der Waals surface area (Å²) in [6.07, 6.45) is -0.282. The maximum atomic E-state index is 11.7. The minimum Gasteiger partial charge on any atom is -0.519 e. The first kappa shape index (κ1) is 15.8. The van der Waals surface area contributed by atoms with E-state index in [2.05, 4.69) is 19.6 Å². The zero-order valence-corrected chi connectivity index (χ0v) is 13.5. The summed E-state index contributed by atoms with van der Waals surface area (Å²) in [5.74, 6) is -0.343. The highest BCUT2D eigenvalue weighted by molar-refractivity contribution is 6.71. The topological polar surface area (TPSA) is 61.5 Å². The average molecular weight is 263 g/mol. The molecule has 0 aliphatic carbocycles. The van der Waals surface area contributed by atoms with Crippen molar-refractivity contribution in [2.24, 2.45) is 5.73 Å². The quantitative estimate of drug-likeness (QED) is 0.770. The van der Waals surface area contributed by atoms with Crippen LogP contribution in [-0.4, -0.2) is 34.7 Å². The second-order valence-electron chi connectivity index (χ2n) is 5.99. The summed E-state index contributed by atoms with van der Waals surface area (Å²) in [6.45, 7) is 13.9. The molecule has 0 aromatic heterocycles. The van der Waals surface area contributed by atoms with Gasteiger partial charge in [0.1, 0.15) is 6.04 Å². The zero-order valence-electron chi connectivity index (χ0n) is 11.5. The van der Waals surface area contributed by atoms with Crippen LogP contribution in [0.2, 0.25) is 39.3 Å². The Labute approximate surface area is 101 Å². The van der Waals surface area contributed by atoms with Gasteiger partial charge in [-0.15, -0.1) is 0 Å². The minimum absolute atomic E-state index is 0.282. The Kier molecular flexibility index (Phi) is 5.38. The normalized spacial score (nSPS) is 16.8. The Morgan fingerprint density at radius 3 is 1.81 bits per heavy atom. The molecule has 0 saturated carbocycles. The van der Waals surface area contributed by atoms with Gasteiger partial charge in [-0.25, -0.2) is 0 Å². The van der Waals surface area contributed by atoms with Gasteiger partial charge in [0.25, 0.3) is 0 Å². The molecular weight excluding hydrogens is 238 g/mol. The maximum Gasteiger partial charge on any atom is 0.312 e. The lowest BCUT2D eigenvalue weighted by atomic mass is 10.2. The van der Waals surface area contributed by atoms with Gasteiger partial charge in [0, 0.05) is 0 Å². The van der Waals surface area contributed by atoms with E-state index in [0.29, 0.717) is 0 Å². The summed E-state index contributed by atoms with van der Waals surface area (Å²) in [5, 5.41) is 0. The lowest BCUT2D eigenvalue weighted by Gasteiger charge is -2.28. The lowest BCUT2D eigenvalue weighted by Crippen LogP contribution is -2.49. The van der Waals surface area contributed by atoms with E-state index < -0.39 is 22.7 Å². The molecule has 0 aromatic rings. The highest BCUT2D eigenvalue weighted by atomic mass is 28.4. The highest BCUT2D eigenvalue weighted by Gasteiger charge is 2.30. The fourth-order valence-electron chi connectivity index (χ4n) is 1.19. The smallest absolute Gasteiger partial charge is 0.312 e. The van der Waals surface area contributed by atoms with Gasteiger partial charge in [-0.3, -0.25) is 4.79 Å². The van der Waals surface area contributed by atoms with Crippen molar-refractivity contribution >= 4 is 22.6 Å². The molecule has 0 aliphatic heterocycles. The van der Waals surface area contributed by atoms with Crippen LogP contribution in [0.1, 0.15) is 6.92 Å². The first-order chi connectivity index (χ1) is 6.92. The number of carbonyl (C=O) groups is 1.